The van der Waals surface area contributed by atoms with Gasteiger partial charge in [0.05, 0.1) is 43.0 Å². The average Bonchev–Trinajstić information content (AvgIpc) is 2.98. The minimum atomic E-state index is -3.29. The predicted octanol–water partition coefficient (Wildman–Crippen LogP) is -0.349. The van der Waals surface area contributed by atoms with Crippen LogP contribution in [0.4, 0.5) is 0 Å². The van der Waals surface area contributed by atoms with E-state index < -0.39 is 32.0 Å². The summed E-state index contributed by atoms with van der Waals surface area (Å²) < 4.78 is 53.0. The number of likely N-dealkylation sites (N-methyl/N-ethyl adjacent to an activating group) is 1. The van der Waals surface area contributed by atoms with Gasteiger partial charge in [-0.25, -0.2) is 16.8 Å². The lowest BCUT2D eigenvalue weighted by atomic mass is 10.2. The fraction of sp³-hybridized carbons (Fsp3) is 0.714. The van der Waals surface area contributed by atoms with E-state index in [-0.39, 0.29) is 18.1 Å². The van der Waals surface area contributed by atoms with Crippen molar-refractivity contribution in [2.45, 2.75) is 32.2 Å². The van der Waals surface area contributed by atoms with E-state index in [2.05, 4.69) is 0 Å². The minimum absolute atomic E-state index is 0.0631. The highest BCUT2D eigenvalue weighted by atomic mass is 32.2. The number of furan rings is 1. The van der Waals surface area contributed by atoms with E-state index >= 15 is 0 Å². The fourth-order valence-electron chi connectivity index (χ4n) is 2.75. The minimum Gasteiger partial charge on any atom is -0.463 e. The molecule has 2 rings (SSSR count). The van der Waals surface area contributed by atoms with E-state index in [0.29, 0.717) is 24.6 Å². The third-order valence-electron chi connectivity index (χ3n) is 4.19. The number of hydrogen-bond donors (Lipinski definition) is 1. The van der Waals surface area contributed by atoms with Gasteiger partial charge in [-0.2, -0.15) is 4.31 Å². The number of rotatable bonds is 7. The van der Waals surface area contributed by atoms with Crippen molar-refractivity contribution in [1.29, 1.82) is 0 Å². The molecular weight excluding hydrogens is 356 g/mol. The first kappa shape index (κ1) is 19.4. The molecule has 1 aliphatic rings. The Morgan fingerprint density at radius 1 is 1.25 bits per heavy atom. The van der Waals surface area contributed by atoms with Crippen LogP contribution < -0.4 is 0 Å². The van der Waals surface area contributed by atoms with Gasteiger partial charge in [-0.05, 0) is 18.7 Å². The molecule has 1 aromatic rings. The Kier molecular flexibility index (Phi) is 5.75. The Hall–Kier alpha value is -0.940. The molecule has 24 heavy (non-hydrogen) atoms. The van der Waals surface area contributed by atoms with Gasteiger partial charge >= 0.3 is 0 Å². The quantitative estimate of drug-likeness (QED) is 0.689. The van der Waals surface area contributed by atoms with Crippen LogP contribution in [-0.4, -0.2) is 74.6 Å². The van der Waals surface area contributed by atoms with Crippen LogP contribution in [0.2, 0.25) is 0 Å². The molecule has 0 aliphatic carbocycles. The molecule has 10 heteroatoms. The summed E-state index contributed by atoms with van der Waals surface area (Å²) in [5.41, 5.74) is 0. The first-order valence-corrected chi connectivity index (χ1v) is 11.3. The van der Waals surface area contributed by atoms with Gasteiger partial charge in [0.15, 0.2) is 9.84 Å². The second kappa shape index (κ2) is 7.12. The van der Waals surface area contributed by atoms with E-state index in [1.165, 1.54) is 11.4 Å². The molecule has 0 unspecified atom stereocenters. The number of sulfonamides is 1. The van der Waals surface area contributed by atoms with E-state index in [4.69, 9.17) is 4.42 Å². The Morgan fingerprint density at radius 2 is 1.83 bits per heavy atom. The molecule has 1 fully saturated rings. The largest absolute Gasteiger partial charge is 0.463 e. The van der Waals surface area contributed by atoms with E-state index in [1.54, 1.807) is 12.1 Å². The molecule has 8 nitrogen and oxygen atoms in total. The van der Waals surface area contributed by atoms with Gasteiger partial charge in [-0.3, -0.25) is 4.90 Å². The smallest absolute Gasteiger partial charge is 0.211 e. The van der Waals surface area contributed by atoms with Crippen LogP contribution in [0.25, 0.3) is 0 Å². The van der Waals surface area contributed by atoms with Crippen molar-refractivity contribution in [3.8, 4) is 0 Å². The lowest BCUT2D eigenvalue weighted by Gasteiger charge is -2.27. The van der Waals surface area contributed by atoms with Crippen molar-refractivity contribution in [3.05, 3.63) is 23.7 Å². The Bertz CT molecular complexity index is 771. The molecule has 2 heterocycles. The van der Waals surface area contributed by atoms with Crippen LogP contribution in [-0.2, 0) is 33.0 Å². The molecule has 1 N–H and O–H groups in total. The molecule has 1 aliphatic heterocycles. The maximum absolute atomic E-state index is 11.7. The summed E-state index contributed by atoms with van der Waals surface area (Å²) in [5.74, 6) is 0.835. The van der Waals surface area contributed by atoms with Gasteiger partial charge in [0.1, 0.15) is 11.5 Å². The number of sulfone groups is 1. The van der Waals surface area contributed by atoms with Crippen LogP contribution >= 0.6 is 0 Å². The Balaban J connectivity index is 2.05. The van der Waals surface area contributed by atoms with Gasteiger partial charge in [-0.1, -0.05) is 6.92 Å². The highest BCUT2D eigenvalue weighted by Gasteiger charge is 2.39. The SMILES string of the molecule is CCN(Cc1ccc(CN(C)S(C)(=O)=O)o1)[C@H]1CS(=O)(=O)C[C@@H]1O. The first-order valence-electron chi connectivity index (χ1n) is 7.63. The maximum Gasteiger partial charge on any atom is 0.211 e. The predicted molar refractivity (Wildman–Crippen MR) is 89.6 cm³/mol. The summed E-state index contributed by atoms with van der Waals surface area (Å²) in [5, 5.41) is 9.99. The summed E-state index contributed by atoms with van der Waals surface area (Å²) in [4.78, 5) is 1.86. The topological polar surface area (TPSA) is 108 Å². The number of aliphatic hydroxyl groups excluding tert-OH is 1. The molecule has 0 radical (unpaired) electrons. The molecule has 0 spiro atoms. The summed E-state index contributed by atoms with van der Waals surface area (Å²) in [7, 11) is -5.04. The van der Waals surface area contributed by atoms with E-state index in [9.17, 15) is 21.9 Å². The Morgan fingerprint density at radius 3 is 2.29 bits per heavy atom. The number of nitrogens with zero attached hydrogens (tertiary/aromatic N) is 2. The molecule has 1 aromatic heterocycles. The summed E-state index contributed by atoms with van der Waals surface area (Å²) in [6.45, 7) is 2.94. The molecule has 0 bridgehead atoms. The zero-order chi connectivity index (χ0) is 18.1. The highest BCUT2D eigenvalue weighted by molar-refractivity contribution is 7.91. The van der Waals surface area contributed by atoms with Crippen LogP contribution in [0.15, 0.2) is 16.5 Å². The van der Waals surface area contributed by atoms with E-state index in [1.807, 2.05) is 11.8 Å². The zero-order valence-corrected chi connectivity index (χ0v) is 15.7. The monoisotopic (exact) mass is 380 g/mol. The van der Waals surface area contributed by atoms with Gasteiger partial charge in [0.25, 0.3) is 0 Å². The van der Waals surface area contributed by atoms with Crippen molar-refractivity contribution < 1.29 is 26.4 Å². The van der Waals surface area contributed by atoms with Crippen molar-refractivity contribution in [2.24, 2.45) is 0 Å². The molecule has 0 aromatic carbocycles. The van der Waals surface area contributed by atoms with Crippen LogP contribution in [0, 0.1) is 0 Å². The summed E-state index contributed by atoms with van der Waals surface area (Å²) in [6, 6.07) is 2.99. The van der Waals surface area contributed by atoms with Crippen molar-refractivity contribution in [2.75, 3.05) is 31.4 Å². The lowest BCUT2D eigenvalue weighted by Crippen LogP contribution is -2.42. The number of hydrogen-bond acceptors (Lipinski definition) is 7. The average molecular weight is 380 g/mol. The van der Waals surface area contributed by atoms with Crippen molar-refractivity contribution >= 4 is 19.9 Å². The van der Waals surface area contributed by atoms with Crippen LogP contribution in [0.5, 0.6) is 0 Å². The summed E-state index contributed by atoms with van der Waals surface area (Å²) in [6.07, 6.45) is 0.221. The summed E-state index contributed by atoms with van der Waals surface area (Å²) >= 11 is 0. The third kappa shape index (κ3) is 4.79. The molecule has 0 saturated carbocycles. The molecule has 0 amide bonds. The fourth-order valence-corrected chi connectivity index (χ4v) is 4.95. The van der Waals surface area contributed by atoms with Crippen molar-refractivity contribution in [1.82, 2.24) is 9.21 Å². The van der Waals surface area contributed by atoms with Gasteiger partial charge in [0, 0.05) is 7.05 Å². The second-order valence-electron chi connectivity index (χ2n) is 6.16. The molecule has 1 saturated heterocycles. The highest BCUT2D eigenvalue weighted by Crippen LogP contribution is 2.21. The Labute approximate surface area is 143 Å². The normalized spacial score (nSPS) is 24.1. The van der Waals surface area contributed by atoms with Crippen LogP contribution in [0.3, 0.4) is 0 Å². The first-order chi connectivity index (χ1) is 11.0. The second-order valence-corrected chi connectivity index (χ2v) is 10.4. The maximum atomic E-state index is 11.7. The van der Waals surface area contributed by atoms with Crippen LogP contribution in [0.1, 0.15) is 18.4 Å². The van der Waals surface area contributed by atoms with Gasteiger partial charge in [-0.15, -0.1) is 0 Å². The molecular formula is C14H24N2O6S2. The van der Waals surface area contributed by atoms with Gasteiger partial charge < -0.3 is 9.52 Å². The molecule has 138 valence electrons. The van der Waals surface area contributed by atoms with Crippen molar-refractivity contribution in [3.63, 3.8) is 0 Å². The zero-order valence-electron chi connectivity index (χ0n) is 14.0. The van der Waals surface area contributed by atoms with Gasteiger partial charge in [0.2, 0.25) is 10.0 Å². The molecule has 2 atom stereocenters. The third-order valence-corrected chi connectivity index (χ3v) is 7.15. The standard InChI is InChI=1S/C14H24N2O6S2/c1-4-16(13-9-24(20,21)10-14(13)17)8-12-6-5-11(22-12)7-15(2)23(3,18)19/h5-6,13-14,17H,4,7-10H2,1-3H3/t13-,14-/m0/s1. The lowest BCUT2D eigenvalue weighted by molar-refractivity contribution is 0.0771. The van der Waals surface area contributed by atoms with E-state index in [0.717, 1.165) is 6.26 Å². The number of aliphatic hydroxyl groups is 1.